The summed E-state index contributed by atoms with van der Waals surface area (Å²) in [5.74, 6) is 0.636. The lowest BCUT2D eigenvalue weighted by atomic mass is 10.1. The van der Waals surface area contributed by atoms with E-state index in [-0.39, 0.29) is 23.6 Å². The zero-order valence-electron chi connectivity index (χ0n) is 21.9. The van der Waals surface area contributed by atoms with Crippen molar-refractivity contribution in [2.45, 2.75) is 0 Å². The van der Waals surface area contributed by atoms with Crippen LogP contribution in [-0.4, -0.2) is 23.6 Å². The van der Waals surface area contributed by atoms with Gasteiger partial charge in [0, 0.05) is 6.07 Å². The molecule has 0 aromatic heterocycles. The van der Waals surface area contributed by atoms with Gasteiger partial charge in [0.15, 0.2) is 0 Å². The van der Waals surface area contributed by atoms with Crippen LogP contribution in [0.2, 0.25) is 0 Å². The van der Waals surface area contributed by atoms with Gasteiger partial charge in [0.2, 0.25) is 0 Å². The summed E-state index contributed by atoms with van der Waals surface area (Å²) in [6.07, 6.45) is 0. The van der Waals surface area contributed by atoms with Crippen LogP contribution < -0.4 is 19.3 Å². The molecule has 0 saturated heterocycles. The number of imide groups is 2. The lowest BCUT2D eigenvalue weighted by molar-refractivity contribution is 0.0910. The van der Waals surface area contributed by atoms with Crippen LogP contribution in [0.5, 0.6) is 23.0 Å². The summed E-state index contributed by atoms with van der Waals surface area (Å²) >= 11 is 0. The molecule has 0 unspecified atom stereocenters. The van der Waals surface area contributed by atoms with Gasteiger partial charge in [0.05, 0.1) is 33.6 Å². The molecule has 202 valence electrons. The molecule has 2 aliphatic heterocycles. The first-order valence-electron chi connectivity index (χ1n) is 13.1. The molecular weight excluding hydrogens is 532 g/mol. The van der Waals surface area contributed by atoms with Gasteiger partial charge in [-0.2, -0.15) is 0 Å². The number of rotatable bonds is 6. The molecule has 0 saturated carbocycles. The molecule has 5 aromatic rings. The number of hydrogen-bond acceptors (Lipinski definition) is 6. The van der Waals surface area contributed by atoms with Crippen LogP contribution in [0.4, 0.5) is 11.4 Å². The summed E-state index contributed by atoms with van der Waals surface area (Å²) in [6.45, 7) is 0. The molecule has 8 nitrogen and oxygen atoms in total. The Hall–Kier alpha value is -6.02. The second-order valence-corrected chi connectivity index (χ2v) is 9.65. The molecule has 0 radical (unpaired) electrons. The Bertz CT molecular complexity index is 1710. The minimum Gasteiger partial charge on any atom is -0.457 e. The highest BCUT2D eigenvalue weighted by molar-refractivity contribution is 6.35. The molecular formula is C34H20N2O6. The molecule has 0 bridgehead atoms. The summed E-state index contributed by atoms with van der Waals surface area (Å²) in [5, 5.41) is 0. The van der Waals surface area contributed by atoms with Crippen LogP contribution in [0.15, 0.2) is 121 Å². The van der Waals surface area contributed by atoms with Crippen molar-refractivity contribution in [3.05, 3.63) is 144 Å². The number of fused-ring (bicyclic) bond motifs is 2. The Morgan fingerprint density at radius 3 is 1.02 bits per heavy atom. The van der Waals surface area contributed by atoms with E-state index in [1.165, 1.54) is 0 Å². The number of anilines is 2. The quantitative estimate of drug-likeness (QED) is 0.213. The van der Waals surface area contributed by atoms with Crippen LogP contribution in [0.25, 0.3) is 0 Å². The van der Waals surface area contributed by atoms with Crippen LogP contribution in [0.3, 0.4) is 0 Å². The normalized spacial score (nSPS) is 13.8. The summed E-state index contributed by atoms with van der Waals surface area (Å²) in [5.41, 5.74) is 2.46. The van der Waals surface area contributed by atoms with Crippen molar-refractivity contribution >= 4 is 35.0 Å². The number of hydrogen-bond donors (Lipinski definition) is 0. The Kier molecular flexibility index (Phi) is 5.87. The van der Waals surface area contributed by atoms with E-state index in [2.05, 4.69) is 0 Å². The van der Waals surface area contributed by atoms with E-state index < -0.39 is 0 Å². The van der Waals surface area contributed by atoms with Gasteiger partial charge in [0.25, 0.3) is 23.6 Å². The zero-order valence-corrected chi connectivity index (χ0v) is 21.9. The van der Waals surface area contributed by atoms with Crippen LogP contribution >= 0.6 is 0 Å². The standard InChI is InChI=1S/C34H20N2O6/c37-31-27-8-1-2-9-28(27)32(38)35(31)21-12-16-23(17-13-21)41-25-6-5-7-26(20-25)42-24-18-14-22(15-19-24)36-33(39)29-10-3-4-11-30(29)34(36)40/h1-20H. The van der Waals surface area contributed by atoms with Crippen LogP contribution in [-0.2, 0) is 0 Å². The monoisotopic (exact) mass is 552 g/mol. The zero-order chi connectivity index (χ0) is 28.8. The van der Waals surface area contributed by atoms with Gasteiger partial charge in [0.1, 0.15) is 23.0 Å². The van der Waals surface area contributed by atoms with Crippen molar-refractivity contribution in [2.75, 3.05) is 9.80 Å². The average Bonchev–Trinajstić information content (AvgIpc) is 3.43. The first kappa shape index (κ1) is 25.0. The lowest BCUT2D eigenvalue weighted by Gasteiger charge is -2.15. The van der Waals surface area contributed by atoms with E-state index in [4.69, 9.17) is 9.47 Å². The molecule has 5 aromatic carbocycles. The second kappa shape index (κ2) is 9.87. The van der Waals surface area contributed by atoms with Gasteiger partial charge in [-0.1, -0.05) is 30.3 Å². The topological polar surface area (TPSA) is 93.2 Å². The molecule has 2 aliphatic rings. The van der Waals surface area contributed by atoms with Crippen LogP contribution in [0.1, 0.15) is 41.4 Å². The van der Waals surface area contributed by atoms with E-state index >= 15 is 0 Å². The van der Waals surface area contributed by atoms with E-state index in [0.29, 0.717) is 56.6 Å². The first-order valence-corrected chi connectivity index (χ1v) is 13.1. The first-order chi connectivity index (χ1) is 20.5. The number of carbonyl (C=O) groups is 4. The van der Waals surface area contributed by atoms with Crippen molar-refractivity contribution in [2.24, 2.45) is 0 Å². The molecule has 0 spiro atoms. The predicted octanol–water partition coefficient (Wildman–Crippen LogP) is 6.87. The highest BCUT2D eigenvalue weighted by Gasteiger charge is 2.37. The molecule has 0 aliphatic carbocycles. The molecule has 0 fully saturated rings. The third-order valence-corrected chi connectivity index (χ3v) is 7.05. The van der Waals surface area contributed by atoms with Crippen molar-refractivity contribution in [1.29, 1.82) is 0 Å². The third kappa shape index (κ3) is 4.18. The highest BCUT2D eigenvalue weighted by atomic mass is 16.5. The molecule has 42 heavy (non-hydrogen) atoms. The number of benzene rings is 5. The number of amides is 4. The van der Waals surface area contributed by atoms with E-state index in [1.807, 2.05) is 0 Å². The third-order valence-electron chi connectivity index (χ3n) is 7.05. The van der Waals surface area contributed by atoms with Crippen LogP contribution in [0, 0.1) is 0 Å². The van der Waals surface area contributed by atoms with Gasteiger partial charge in [-0.25, -0.2) is 9.80 Å². The van der Waals surface area contributed by atoms with Gasteiger partial charge >= 0.3 is 0 Å². The molecule has 0 atom stereocenters. The molecule has 0 N–H and O–H groups in total. The van der Waals surface area contributed by atoms with Crippen molar-refractivity contribution < 1.29 is 28.7 Å². The molecule has 7 rings (SSSR count). The number of ether oxygens (including phenoxy) is 2. The van der Waals surface area contributed by atoms with E-state index in [0.717, 1.165) is 9.80 Å². The fraction of sp³-hybridized carbons (Fsp3) is 0. The van der Waals surface area contributed by atoms with Gasteiger partial charge in [-0.05, 0) is 84.9 Å². The largest absolute Gasteiger partial charge is 0.457 e. The fourth-order valence-corrected chi connectivity index (χ4v) is 5.05. The van der Waals surface area contributed by atoms with E-state index in [9.17, 15) is 19.2 Å². The minimum atomic E-state index is -0.356. The summed E-state index contributed by atoms with van der Waals surface area (Å²) in [7, 11) is 0. The average molecular weight is 553 g/mol. The Morgan fingerprint density at radius 2 is 0.690 bits per heavy atom. The summed E-state index contributed by atoms with van der Waals surface area (Å²) in [6, 6.07) is 33.9. The lowest BCUT2D eigenvalue weighted by Crippen LogP contribution is -2.29. The fourth-order valence-electron chi connectivity index (χ4n) is 5.05. The van der Waals surface area contributed by atoms with Gasteiger partial charge in [-0.3, -0.25) is 19.2 Å². The Balaban J connectivity index is 1.03. The van der Waals surface area contributed by atoms with Crippen molar-refractivity contribution in [3.63, 3.8) is 0 Å². The smallest absolute Gasteiger partial charge is 0.266 e. The Morgan fingerprint density at radius 1 is 0.357 bits per heavy atom. The van der Waals surface area contributed by atoms with Crippen molar-refractivity contribution in [3.8, 4) is 23.0 Å². The van der Waals surface area contributed by atoms with Crippen molar-refractivity contribution in [1.82, 2.24) is 0 Å². The maximum Gasteiger partial charge on any atom is 0.266 e. The maximum absolute atomic E-state index is 12.8. The summed E-state index contributed by atoms with van der Waals surface area (Å²) < 4.78 is 12.0. The predicted molar refractivity (Wildman–Crippen MR) is 155 cm³/mol. The molecule has 4 amide bonds. The van der Waals surface area contributed by atoms with Gasteiger partial charge in [-0.15, -0.1) is 0 Å². The molecule has 2 heterocycles. The second-order valence-electron chi connectivity index (χ2n) is 9.65. The molecule has 8 heteroatoms. The highest BCUT2D eigenvalue weighted by Crippen LogP contribution is 2.34. The van der Waals surface area contributed by atoms with E-state index in [1.54, 1.807) is 121 Å². The summed E-state index contributed by atoms with van der Waals surface area (Å²) in [4.78, 5) is 53.3. The SMILES string of the molecule is O=C1c2ccccc2C(=O)N1c1ccc(Oc2cccc(Oc3ccc(N4C(=O)c5ccccc5C4=O)cc3)c2)cc1. The van der Waals surface area contributed by atoms with Gasteiger partial charge < -0.3 is 9.47 Å². The Labute approximate surface area is 240 Å². The minimum absolute atomic E-state index is 0.356. The number of carbonyl (C=O) groups excluding carboxylic acids is 4. The number of nitrogens with zero attached hydrogens (tertiary/aromatic N) is 2. The maximum atomic E-state index is 12.8.